The largest absolute Gasteiger partial charge is 0.506 e. The number of hydrogen-bond acceptors (Lipinski definition) is 5. The summed E-state index contributed by atoms with van der Waals surface area (Å²) in [6.45, 7) is -0.216. The van der Waals surface area contributed by atoms with Crippen LogP contribution in [0.3, 0.4) is 0 Å². The van der Waals surface area contributed by atoms with E-state index in [2.05, 4.69) is 4.72 Å². The molecule has 2 aromatic rings. The summed E-state index contributed by atoms with van der Waals surface area (Å²) < 4.78 is 49.6. The van der Waals surface area contributed by atoms with Crippen LogP contribution < -0.4 is 4.72 Å². The van der Waals surface area contributed by atoms with Gasteiger partial charge in [-0.3, -0.25) is 0 Å². The normalized spacial score (nSPS) is 12.2. The van der Waals surface area contributed by atoms with Crippen molar-refractivity contribution in [2.75, 3.05) is 6.26 Å². The Bertz CT molecular complexity index is 875. The van der Waals surface area contributed by atoms with Crippen molar-refractivity contribution >= 4 is 19.9 Å². The number of phenols is 1. The molecule has 22 heavy (non-hydrogen) atoms. The third-order valence-electron chi connectivity index (χ3n) is 2.99. The molecule has 0 saturated carbocycles. The van der Waals surface area contributed by atoms with Gasteiger partial charge >= 0.3 is 0 Å². The molecule has 118 valence electrons. The summed E-state index contributed by atoms with van der Waals surface area (Å²) in [5, 5.41) is 9.98. The average molecular weight is 341 g/mol. The maximum Gasteiger partial charge on any atom is 0.240 e. The minimum absolute atomic E-state index is 0.0914. The van der Waals surface area contributed by atoms with Crippen molar-refractivity contribution < 1.29 is 21.9 Å². The number of nitrogens with one attached hydrogen (secondary N) is 1. The van der Waals surface area contributed by atoms with Gasteiger partial charge in [0.1, 0.15) is 10.6 Å². The van der Waals surface area contributed by atoms with E-state index in [1.807, 2.05) is 0 Å². The fourth-order valence-electron chi connectivity index (χ4n) is 1.87. The highest BCUT2D eigenvalue weighted by Crippen LogP contribution is 2.26. The van der Waals surface area contributed by atoms with Crippen LogP contribution in [0.5, 0.6) is 5.75 Å². The van der Waals surface area contributed by atoms with Gasteiger partial charge in [0.15, 0.2) is 9.84 Å². The predicted octanol–water partition coefficient (Wildman–Crippen LogP) is 1.27. The van der Waals surface area contributed by atoms with E-state index >= 15 is 0 Å². The average Bonchev–Trinajstić information content (AvgIpc) is 2.46. The van der Waals surface area contributed by atoms with Gasteiger partial charge in [-0.2, -0.15) is 0 Å². The van der Waals surface area contributed by atoms with Crippen LogP contribution in [0.15, 0.2) is 58.3 Å². The Morgan fingerprint density at radius 1 is 0.955 bits per heavy atom. The number of para-hydroxylation sites is 1. The van der Waals surface area contributed by atoms with E-state index in [4.69, 9.17) is 0 Å². The molecule has 0 amide bonds. The van der Waals surface area contributed by atoms with Crippen molar-refractivity contribution in [3.63, 3.8) is 0 Å². The Balaban J connectivity index is 2.27. The zero-order valence-electron chi connectivity index (χ0n) is 11.7. The molecule has 0 unspecified atom stereocenters. The highest BCUT2D eigenvalue weighted by Gasteiger charge is 2.18. The number of sulfone groups is 1. The van der Waals surface area contributed by atoms with Gasteiger partial charge in [0.25, 0.3) is 0 Å². The van der Waals surface area contributed by atoms with E-state index in [0.29, 0.717) is 0 Å². The minimum Gasteiger partial charge on any atom is -0.506 e. The molecular formula is C14H15NO5S2. The van der Waals surface area contributed by atoms with Crippen LogP contribution in [0, 0.1) is 0 Å². The minimum atomic E-state index is -3.73. The van der Waals surface area contributed by atoms with E-state index in [-0.39, 0.29) is 21.9 Å². The van der Waals surface area contributed by atoms with Crippen LogP contribution in [-0.2, 0) is 26.4 Å². The molecule has 2 aromatic carbocycles. The molecule has 0 aliphatic carbocycles. The quantitative estimate of drug-likeness (QED) is 0.853. The van der Waals surface area contributed by atoms with Gasteiger partial charge < -0.3 is 5.11 Å². The van der Waals surface area contributed by atoms with Crippen molar-refractivity contribution in [1.29, 1.82) is 0 Å². The van der Waals surface area contributed by atoms with Crippen molar-refractivity contribution in [1.82, 2.24) is 4.72 Å². The van der Waals surface area contributed by atoms with E-state index in [1.165, 1.54) is 30.3 Å². The topological polar surface area (TPSA) is 101 Å². The number of benzene rings is 2. The second-order valence-corrected chi connectivity index (χ2v) is 8.42. The van der Waals surface area contributed by atoms with E-state index in [9.17, 15) is 21.9 Å². The number of rotatable bonds is 5. The molecule has 8 heteroatoms. The third kappa shape index (κ3) is 3.65. The summed E-state index contributed by atoms with van der Waals surface area (Å²) in [6, 6.07) is 11.9. The van der Waals surface area contributed by atoms with Crippen LogP contribution in [0.25, 0.3) is 0 Å². The highest BCUT2D eigenvalue weighted by atomic mass is 32.2. The Hall–Kier alpha value is -1.90. The lowest BCUT2D eigenvalue weighted by Gasteiger charge is -2.10. The Morgan fingerprint density at radius 3 is 2.18 bits per heavy atom. The molecule has 2 rings (SSSR count). The van der Waals surface area contributed by atoms with Gasteiger partial charge in [0, 0.05) is 18.4 Å². The molecule has 6 nitrogen and oxygen atoms in total. The second kappa shape index (κ2) is 6.07. The molecule has 0 bridgehead atoms. The lowest BCUT2D eigenvalue weighted by molar-refractivity contribution is 0.451. The van der Waals surface area contributed by atoms with Gasteiger partial charge in [0.2, 0.25) is 10.0 Å². The van der Waals surface area contributed by atoms with Gasteiger partial charge in [-0.05, 0) is 18.2 Å². The monoisotopic (exact) mass is 341 g/mol. The van der Waals surface area contributed by atoms with Crippen molar-refractivity contribution in [2.24, 2.45) is 0 Å². The summed E-state index contributed by atoms with van der Waals surface area (Å²) in [5.41, 5.74) is 0.183. The number of sulfonamides is 1. The maximum atomic E-state index is 12.1. The zero-order chi connectivity index (χ0) is 16.4. The molecule has 0 radical (unpaired) electrons. The van der Waals surface area contributed by atoms with Gasteiger partial charge in [-0.1, -0.05) is 30.3 Å². The number of phenolic OH excluding ortho intramolecular Hbond substituents is 1. The number of hydrogen-bond donors (Lipinski definition) is 2. The summed E-state index contributed by atoms with van der Waals surface area (Å²) in [6.07, 6.45) is 0.972. The molecular weight excluding hydrogens is 326 g/mol. The lowest BCUT2D eigenvalue weighted by atomic mass is 10.2. The predicted molar refractivity (Wildman–Crippen MR) is 81.7 cm³/mol. The first-order valence-corrected chi connectivity index (χ1v) is 9.65. The molecule has 0 heterocycles. The molecule has 0 aromatic heterocycles. The summed E-state index contributed by atoms with van der Waals surface area (Å²) in [7, 11) is -7.32. The SMILES string of the molecule is CS(=O)(=O)c1cccc(CNS(=O)(=O)c2ccccc2)c1O. The van der Waals surface area contributed by atoms with Crippen molar-refractivity contribution in [3.05, 3.63) is 54.1 Å². The smallest absolute Gasteiger partial charge is 0.240 e. The fraction of sp³-hybridized carbons (Fsp3) is 0.143. The third-order valence-corrected chi connectivity index (χ3v) is 5.53. The molecule has 0 atom stereocenters. The summed E-state index contributed by atoms with van der Waals surface area (Å²) in [4.78, 5) is -0.141. The van der Waals surface area contributed by atoms with Crippen molar-refractivity contribution in [3.8, 4) is 5.75 Å². The summed E-state index contributed by atoms with van der Waals surface area (Å²) >= 11 is 0. The molecule has 0 spiro atoms. The maximum absolute atomic E-state index is 12.1. The number of aromatic hydroxyl groups is 1. The van der Waals surface area contributed by atoms with E-state index in [1.54, 1.807) is 18.2 Å². The Kier molecular flexibility index (Phi) is 4.55. The van der Waals surface area contributed by atoms with Crippen LogP contribution in [0.1, 0.15) is 5.56 Å². The first kappa shape index (κ1) is 16.5. The second-order valence-electron chi connectivity index (χ2n) is 4.67. The molecule has 0 aliphatic rings. The zero-order valence-corrected chi connectivity index (χ0v) is 13.4. The van der Waals surface area contributed by atoms with E-state index in [0.717, 1.165) is 6.26 Å². The molecule has 2 N–H and O–H groups in total. The van der Waals surface area contributed by atoms with Crippen LogP contribution >= 0.6 is 0 Å². The first-order valence-electron chi connectivity index (χ1n) is 6.27. The summed E-state index contributed by atoms with van der Waals surface area (Å²) in [5.74, 6) is -0.444. The van der Waals surface area contributed by atoms with Crippen molar-refractivity contribution in [2.45, 2.75) is 16.3 Å². The lowest BCUT2D eigenvalue weighted by Crippen LogP contribution is -2.23. The standard InChI is InChI=1S/C14H15NO5S2/c1-21(17,18)13-9-5-6-11(14(13)16)10-15-22(19,20)12-7-3-2-4-8-12/h2-9,15-16H,10H2,1H3. The Morgan fingerprint density at radius 2 is 1.59 bits per heavy atom. The van der Waals surface area contributed by atoms with Gasteiger partial charge in [-0.25, -0.2) is 21.6 Å². The van der Waals surface area contributed by atoms with Crippen LogP contribution in [-0.4, -0.2) is 28.2 Å². The van der Waals surface area contributed by atoms with Gasteiger partial charge in [-0.15, -0.1) is 0 Å². The molecule has 0 fully saturated rings. The molecule has 0 aliphatic heterocycles. The Labute approximate surface area is 129 Å². The molecule has 0 saturated heterocycles. The van der Waals surface area contributed by atoms with Gasteiger partial charge in [0.05, 0.1) is 4.90 Å². The highest BCUT2D eigenvalue weighted by molar-refractivity contribution is 7.90. The van der Waals surface area contributed by atoms with E-state index < -0.39 is 25.6 Å². The fourth-order valence-corrected chi connectivity index (χ4v) is 3.70. The first-order chi connectivity index (χ1) is 10.2. The van der Waals surface area contributed by atoms with Crippen LogP contribution in [0.4, 0.5) is 0 Å². The van der Waals surface area contributed by atoms with Crippen LogP contribution in [0.2, 0.25) is 0 Å².